The first kappa shape index (κ1) is 25.5. The molecule has 0 amide bonds. The molecule has 0 atom stereocenters. The number of likely N-dealkylation sites (N-methyl/N-ethyl adjacent to an activating group) is 1. The van der Waals surface area contributed by atoms with Gasteiger partial charge in [0.25, 0.3) is 0 Å². The number of aliphatic imine (C=N–C) groups is 1. The summed E-state index contributed by atoms with van der Waals surface area (Å²) in [4.78, 5) is 18.4. The number of likely N-dealkylation sites (tertiary alicyclic amines) is 1. The van der Waals surface area contributed by atoms with Crippen LogP contribution in [0.5, 0.6) is 29.1 Å². The highest BCUT2D eigenvalue weighted by atomic mass is 16.5. The van der Waals surface area contributed by atoms with E-state index in [-0.39, 0.29) is 35.1 Å². The molecule has 0 unspecified atom stereocenters. The lowest BCUT2D eigenvalue weighted by molar-refractivity contribution is 0.220. The number of hydrogen-bond donors (Lipinski definition) is 3. The second-order valence-corrected chi connectivity index (χ2v) is 9.58. The summed E-state index contributed by atoms with van der Waals surface area (Å²) >= 11 is 0. The Morgan fingerprint density at radius 1 is 1.08 bits per heavy atom. The van der Waals surface area contributed by atoms with Crippen LogP contribution < -0.4 is 15.2 Å². The van der Waals surface area contributed by atoms with E-state index in [4.69, 9.17) is 25.6 Å². The molecule has 3 heterocycles. The number of aromatic hydroxyl groups is 1. The zero-order valence-corrected chi connectivity index (χ0v) is 21.7. The zero-order chi connectivity index (χ0) is 26.6. The molecule has 1 fully saturated rings. The minimum absolute atomic E-state index is 0.0805. The fraction of sp³-hybridized carbons (Fsp3) is 0.357. The van der Waals surface area contributed by atoms with Gasteiger partial charge in [-0.1, -0.05) is 19.1 Å². The van der Waals surface area contributed by atoms with Gasteiger partial charge < -0.3 is 30.1 Å². The molecule has 3 aromatic rings. The topological polar surface area (TPSA) is 133 Å². The number of aromatic nitrogens is 2. The minimum Gasteiger partial charge on any atom is -0.504 e. The molecule has 2 aromatic carbocycles. The first-order chi connectivity index (χ1) is 18.4. The van der Waals surface area contributed by atoms with Gasteiger partial charge in [0.1, 0.15) is 17.4 Å². The van der Waals surface area contributed by atoms with E-state index in [0.717, 1.165) is 62.7 Å². The Morgan fingerprint density at radius 2 is 1.89 bits per heavy atom. The summed E-state index contributed by atoms with van der Waals surface area (Å²) < 4.78 is 12.2. The van der Waals surface area contributed by atoms with E-state index in [2.05, 4.69) is 26.7 Å². The highest BCUT2D eigenvalue weighted by Crippen LogP contribution is 2.35. The van der Waals surface area contributed by atoms with Crippen LogP contribution in [0.15, 0.2) is 53.5 Å². The third-order valence-electron chi connectivity index (χ3n) is 7.00. The van der Waals surface area contributed by atoms with Crippen molar-refractivity contribution in [1.82, 2.24) is 19.8 Å². The van der Waals surface area contributed by atoms with Gasteiger partial charge in [0, 0.05) is 36.7 Å². The maximum absolute atomic E-state index is 10.4. The van der Waals surface area contributed by atoms with Crippen LogP contribution in [0, 0.1) is 5.41 Å². The largest absolute Gasteiger partial charge is 0.504 e. The van der Waals surface area contributed by atoms with E-state index in [1.54, 1.807) is 12.1 Å². The summed E-state index contributed by atoms with van der Waals surface area (Å²) in [6, 6.07) is 14.2. The lowest BCUT2D eigenvalue weighted by Crippen LogP contribution is -2.32. The average Bonchev–Trinajstić information content (AvgIpc) is 3.35. The number of phenolic OH excluding ortho intramolecular Hbond substituents is 1. The van der Waals surface area contributed by atoms with Crippen LogP contribution in [0.4, 0.5) is 0 Å². The van der Waals surface area contributed by atoms with Crippen molar-refractivity contribution in [3.05, 3.63) is 65.4 Å². The molecule has 0 radical (unpaired) electrons. The van der Waals surface area contributed by atoms with E-state index < -0.39 is 0 Å². The number of hydrogen-bond acceptors (Lipinski definition) is 9. The Labute approximate surface area is 222 Å². The number of nitrogens with two attached hydrogens (primary N) is 1. The standard InChI is InChI=1S/C28H33N7O3/c1-3-35-12-9-18(10-13-35)22-17-25(38-24-16-19(26(29)30)7-8-23(24)36)33-28(32-22)37-21-6-4-5-20(15-21)27-31-11-14-34(27)2/h4-8,15-18,36H,3,9-14H2,1-2H3,(H3,29,30). The van der Waals surface area contributed by atoms with Crippen LogP contribution in [0.1, 0.15) is 42.5 Å². The third-order valence-corrected chi connectivity index (χ3v) is 7.00. The molecule has 2 aliphatic heterocycles. The van der Waals surface area contributed by atoms with Gasteiger partial charge in [0.15, 0.2) is 11.5 Å². The van der Waals surface area contributed by atoms with Gasteiger partial charge in [-0.3, -0.25) is 10.4 Å². The van der Waals surface area contributed by atoms with Crippen molar-refractivity contribution in [2.75, 3.05) is 39.8 Å². The minimum atomic E-state index is -0.123. The average molecular weight is 516 g/mol. The van der Waals surface area contributed by atoms with Crippen LogP contribution in [-0.4, -0.2) is 76.3 Å². The van der Waals surface area contributed by atoms with Gasteiger partial charge in [0.2, 0.25) is 5.88 Å². The molecular formula is C28H33N7O3. The van der Waals surface area contributed by atoms with Gasteiger partial charge in [0.05, 0.1) is 12.2 Å². The second-order valence-electron chi connectivity index (χ2n) is 9.58. The molecule has 0 saturated carbocycles. The fourth-order valence-electron chi connectivity index (χ4n) is 4.80. The molecule has 5 rings (SSSR count). The van der Waals surface area contributed by atoms with E-state index in [9.17, 15) is 5.11 Å². The first-order valence-corrected chi connectivity index (χ1v) is 12.9. The predicted molar refractivity (Wildman–Crippen MR) is 146 cm³/mol. The highest BCUT2D eigenvalue weighted by molar-refractivity contribution is 6.00. The van der Waals surface area contributed by atoms with Crippen molar-refractivity contribution in [3.8, 4) is 29.1 Å². The number of phenols is 1. The van der Waals surface area contributed by atoms with E-state index >= 15 is 0 Å². The van der Waals surface area contributed by atoms with E-state index in [1.165, 1.54) is 12.1 Å². The van der Waals surface area contributed by atoms with Crippen LogP contribution >= 0.6 is 0 Å². The van der Waals surface area contributed by atoms with Gasteiger partial charge in [-0.25, -0.2) is 0 Å². The Hall–Kier alpha value is -4.18. The maximum atomic E-state index is 10.4. The van der Waals surface area contributed by atoms with E-state index in [1.807, 2.05) is 31.3 Å². The molecular weight excluding hydrogens is 482 g/mol. The first-order valence-electron chi connectivity index (χ1n) is 12.9. The lowest BCUT2D eigenvalue weighted by atomic mass is 9.93. The molecule has 2 aliphatic rings. The SMILES string of the molecule is CCN1CCC(c2cc(Oc3cc(C(=N)N)ccc3O)nc(Oc3cccc(C4=NCCN4C)c3)n2)CC1. The normalized spacial score (nSPS) is 16.4. The summed E-state index contributed by atoms with van der Waals surface area (Å²) in [6.07, 6.45) is 1.94. The quantitative estimate of drug-likeness (QED) is 0.303. The van der Waals surface area contributed by atoms with E-state index in [0.29, 0.717) is 11.3 Å². The number of nitrogen functional groups attached to an aromatic ring is 1. The van der Waals surface area contributed by atoms with Gasteiger partial charge in [-0.05, 0) is 62.8 Å². The Balaban J connectivity index is 1.46. The number of benzene rings is 2. The van der Waals surface area contributed by atoms with Gasteiger partial charge in [-0.15, -0.1) is 0 Å². The molecule has 10 heteroatoms. The molecule has 0 aliphatic carbocycles. The molecule has 198 valence electrons. The zero-order valence-electron chi connectivity index (χ0n) is 21.7. The van der Waals surface area contributed by atoms with Crippen molar-refractivity contribution < 1.29 is 14.6 Å². The van der Waals surface area contributed by atoms with Crippen LogP contribution in [0.25, 0.3) is 0 Å². The van der Waals surface area contributed by atoms with Crippen LogP contribution in [0.2, 0.25) is 0 Å². The van der Waals surface area contributed by atoms with Crippen molar-refractivity contribution in [2.45, 2.75) is 25.7 Å². The summed E-state index contributed by atoms with van der Waals surface area (Å²) in [5.41, 5.74) is 7.87. The summed E-state index contributed by atoms with van der Waals surface area (Å²) in [7, 11) is 2.02. The number of amidine groups is 2. The van der Waals surface area contributed by atoms with Crippen molar-refractivity contribution in [3.63, 3.8) is 0 Å². The smallest absolute Gasteiger partial charge is 0.325 e. The molecule has 10 nitrogen and oxygen atoms in total. The Morgan fingerprint density at radius 3 is 2.61 bits per heavy atom. The fourth-order valence-corrected chi connectivity index (χ4v) is 4.80. The molecule has 0 bridgehead atoms. The van der Waals surface area contributed by atoms with Crippen LogP contribution in [-0.2, 0) is 0 Å². The molecule has 1 saturated heterocycles. The number of ether oxygens (including phenoxy) is 2. The van der Waals surface area contributed by atoms with Gasteiger partial charge >= 0.3 is 6.01 Å². The summed E-state index contributed by atoms with van der Waals surface area (Å²) in [6.45, 7) is 6.86. The molecule has 38 heavy (non-hydrogen) atoms. The maximum Gasteiger partial charge on any atom is 0.325 e. The monoisotopic (exact) mass is 515 g/mol. The second kappa shape index (κ2) is 11.1. The molecule has 4 N–H and O–H groups in total. The summed E-state index contributed by atoms with van der Waals surface area (Å²) in [5.74, 6) is 1.95. The number of piperidine rings is 1. The van der Waals surface area contributed by atoms with Crippen molar-refractivity contribution >= 4 is 11.7 Å². The van der Waals surface area contributed by atoms with Crippen molar-refractivity contribution in [2.24, 2.45) is 10.7 Å². The summed E-state index contributed by atoms with van der Waals surface area (Å²) in [5, 5.41) is 18.1. The lowest BCUT2D eigenvalue weighted by Gasteiger charge is -2.30. The van der Waals surface area contributed by atoms with Gasteiger partial charge in [-0.2, -0.15) is 9.97 Å². The Bertz CT molecular complexity index is 1350. The predicted octanol–water partition coefficient (Wildman–Crippen LogP) is 3.94. The Kier molecular flexibility index (Phi) is 7.41. The van der Waals surface area contributed by atoms with Crippen LogP contribution in [0.3, 0.4) is 0 Å². The number of rotatable bonds is 8. The number of nitrogens with one attached hydrogen (secondary N) is 1. The molecule has 1 aromatic heterocycles. The molecule has 0 spiro atoms. The third kappa shape index (κ3) is 5.70. The number of nitrogens with zero attached hydrogens (tertiary/aromatic N) is 5. The van der Waals surface area contributed by atoms with Crippen molar-refractivity contribution in [1.29, 1.82) is 5.41 Å². The highest BCUT2D eigenvalue weighted by Gasteiger charge is 2.23.